The van der Waals surface area contributed by atoms with Crippen molar-refractivity contribution in [3.63, 3.8) is 0 Å². The molecule has 16 heavy (non-hydrogen) atoms. The summed E-state index contributed by atoms with van der Waals surface area (Å²) in [4.78, 5) is 2.66. The van der Waals surface area contributed by atoms with Crippen LogP contribution in [0.25, 0.3) is 0 Å². The van der Waals surface area contributed by atoms with E-state index in [-0.39, 0.29) is 5.54 Å². The number of hydrogen-bond acceptors (Lipinski definition) is 2. The van der Waals surface area contributed by atoms with Crippen LogP contribution in [-0.4, -0.2) is 36.6 Å². The molecule has 96 valence electrons. The van der Waals surface area contributed by atoms with Crippen LogP contribution in [0.2, 0.25) is 0 Å². The summed E-state index contributed by atoms with van der Waals surface area (Å²) in [5.74, 6) is 0. The first kappa shape index (κ1) is 14.0. The molecule has 0 aromatic carbocycles. The predicted octanol–water partition coefficient (Wildman–Crippen LogP) is 3.03. The van der Waals surface area contributed by atoms with Crippen molar-refractivity contribution in [1.29, 1.82) is 0 Å². The van der Waals surface area contributed by atoms with E-state index in [1.165, 1.54) is 58.2 Å². The zero-order chi connectivity index (χ0) is 11.9. The molecule has 1 aliphatic rings. The van der Waals surface area contributed by atoms with Gasteiger partial charge in [-0.25, -0.2) is 0 Å². The minimum Gasteiger partial charge on any atom is -0.312 e. The first-order valence-corrected chi connectivity index (χ1v) is 7.05. The standard InChI is InChI=1S/C14H30N2/c1-14(2,3)15-10-9-13-16-11-7-5-4-6-8-12-16/h15H,4-13H2,1-3H3. The van der Waals surface area contributed by atoms with Crippen molar-refractivity contribution in [1.82, 2.24) is 10.2 Å². The van der Waals surface area contributed by atoms with Crippen molar-refractivity contribution in [2.45, 2.75) is 64.8 Å². The van der Waals surface area contributed by atoms with Gasteiger partial charge in [0.1, 0.15) is 0 Å². The number of nitrogens with one attached hydrogen (secondary N) is 1. The SMILES string of the molecule is CC(C)(C)NCCCN1CCCCCCC1. The van der Waals surface area contributed by atoms with Gasteiger partial charge in [-0.3, -0.25) is 0 Å². The Morgan fingerprint density at radius 2 is 1.50 bits per heavy atom. The Hall–Kier alpha value is -0.0800. The van der Waals surface area contributed by atoms with Gasteiger partial charge in [0.05, 0.1) is 0 Å². The first-order chi connectivity index (χ1) is 7.58. The van der Waals surface area contributed by atoms with Gasteiger partial charge >= 0.3 is 0 Å². The highest BCUT2D eigenvalue weighted by atomic mass is 15.1. The van der Waals surface area contributed by atoms with Crippen LogP contribution in [0, 0.1) is 0 Å². The Labute approximate surface area is 102 Å². The molecule has 1 saturated heterocycles. The molecule has 2 nitrogen and oxygen atoms in total. The highest BCUT2D eigenvalue weighted by Gasteiger charge is 2.10. The number of rotatable bonds is 4. The second-order valence-electron chi connectivity index (χ2n) is 6.14. The van der Waals surface area contributed by atoms with Gasteiger partial charge in [0.2, 0.25) is 0 Å². The van der Waals surface area contributed by atoms with Crippen LogP contribution in [0.15, 0.2) is 0 Å². The highest BCUT2D eigenvalue weighted by Crippen LogP contribution is 2.10. The lowest BCUT2D eigenvalue weighted by atomic mass is 10.1. The van der Waals surface area contributed by atoms with E-state index in [0.717, 1.165) is 6.54 Å². The Balaban J connectivity index is 2.06. The Kier molecular flexibility index (Phi) is 6.37. The minimum absolute atomic E-state index is 0.274. The molecule has 0 atom stereocenters. The zero-order valence-corrected chi connectivity index (χ0v) is 11.5. The number of likely N-dealkylation sites (tertiary alicyclic amines) is 1. The monoisotopic (exact) mass is 226 g/mol. The summed E-state index contributed by atoms with van der Waals surface area (Å²) in [7, 11) is 0. The fourth-order valence-electron chi connectivity index (χ4n) is 2.30. The van der Waals surface area contributed by atoms with Crippen molar-refractivity contribution >= 4 is 0 Å². The molecule has 1 aliphatic heterocycles. The summed E-state index contributed by atoms with van der Waals surface area (Å²) in [6.45, 7) is 11.8. The van der Waals surface area contributed by atoms with E-state index in [4.69, 9.17) is 0 Å². The molecule has 1 heterocycles. The zero-order valence-electron chi connectivity index (χ0n) is 11.5. The minimum atomic E-state index is 0.274. The second-order valence-corrected chi connectivity index (χ2v) is 6.14. The average Bonchev–Trinajstić information content (AvgIpc) is 2.13. The van der Waals surface area contributed by atoms with Crippen LogP contribution in [-0.2, 0) is 0 Å². The van der Waals surface area contributed by atoms with Gasteiger partial charge in [0.15, 0.2) is 0 Å². The maximum absolute atomic E-state index is 3.56. The Morgan fingerprint density at radius 3 is 2.06 bits per heavy atom. The van der Waals surface area contributed by atoms with E-state index >= 15 is 0 Å². The van der Waals surface area contributed by atoms with E-state index in [1.54, 1.807) is 0 Å². The van der Waals surface area contributed by atoms with E-state index in [1.807, 2.05) is 0 Å². The molecule has 0 radical (unpaired) electrons. The molecular weight excluding hydrogens is 196 g/mol. The van der Waals surface area contributed by atoms with Crippen molar-refractivity contribution in [2.24, 2.45) is 0 Å². The fraction of sp³-hybridized carbons (Fsp3) is 1.00. The van der Waals surface area contributed by atoms with E-state index in [9.17, 15) is 0 Å². The van der Waals surface area contributed by atoms with Gasteiger partial charge in [-0.15, -0.1) is 0 Å². The Bertz CT molecular complexity index is 164. The predicted molar refractivity (Wildman–Crippen MR) is 71.9 cm³/mol. The van der Waals surface area contributed by atoms with Crippen molar-refractivity contribution in [2.75, 3.05) is 26.2 Å². The largest absolute Gasteiger partial charge is 0.312 e. The van der Waals surface area contributed by atoms with Crippen LogP contribution < -0.4 is 5.32 Å². The lowest BCUT2D eigenvalue weighted by molar-refractivity contribution is 0.241. The van der Waals surface area contributed by atoms with Gasteiger partial charge in [-0.05, 0) is 66.2 Å². The maximum Gasteiger partial charge on any atom is 0.00965 e. The normalized spacial score (nSPS) is 20.4. The summed E-state index contributed by atoms with van der Waals surface area (Å²) in [5, 5.41) is 3.56. The van der Waals surface area contributed by atoms with Crippen molar-refractivity contribution < 1.29 is 0 Å². The molecule has 0 bridgehead atoms. The lowest BCUT2D eigenvalue weighted by Crippen LogP contribution is -2.38. The third kappa shape index (κ3) is 7.24. The Morgan fingerprint density at radius 1 is 0.938 bits per heavy atom. The van der Waals surface area contributed by atoms with Crippen LogP contribution >= 0.6 is 0 Å². The van der Waals surface area contributed by atoms with E-state index in [2.05, 4.69) is 31.0 Å². The summed E-state index contributed by atoms with van der Waals surface area (Å²) in [5.41, 5.74) is 0.274. The smallest absolute Gasteiger partial charge is 0.00965 e. The van der Waals surface area contributed by atoms with Gasteiger partial charge < -0.3 is 10.2 Å². The lowest BCUT2D eigenvalue weighted by Gasteiger charge is -2.26. The maximum atomic E-state index is 3.56. The molecular formula is C14H30N2. The third-order valence-electron chi connectivity index (χ3n) is 3.26. The van der Waals surface area contributed by atoms with Crippen LogP contribution in [0.1, 0.15) is 59.3 Å². The number of hydrogen-bond donors (Lipinski definition) is 1. The molecule has 0 amide bonds. The average molecular weight is 226 g/mol. The molecule has 1 fully saturated rings. The van der Waals surface area contributed by atoms with Crippen molar-refractivity contribution in [3.05, 3.63) is 0 Å². The summed E-state index contributed by atoms with van der Waals surface area (Å²) >= 11 is 0. The summed E-state index contributed by atoms with van der Waals surface area (Å²) in [6.07, 6.45) is 8.45. The molecule has 0 aromatic rings. The second kappa shape index (κ2) is 7.29. The number of nitrogens with zero attached hydrogens (tertiary/aromatic N) is 1. The molecule has 0 spiro atoms. The summed E-state index contributed by atoms with van der Waals surface area (Å²) in [6, 6.07) is 0. The molecule has 0 saturated carbocycles. The van der Waals surface area contributed by atoms with Gasteiger partial charge in [-0.1, -0.05) is 19.3 Å². The fourth-order valence-corrected chi connectivity index (χ4v) is 2.30. The van der Waals surface area contributed by atoms with E-state index < -0.39 is 0 Å². The van der Waals surface area contributed by atoms with E-state index in [0.29, 0.717) is 0 Å². The molecule has 2 heteroatoms. The molecule has 1 rings (SSSR count). The van der Waals surface area contributed by atoms with Crippen LogP contribution in [0.5, 0.6) is 0 Å². The molecule has 0 aliphatic carbocycles. The molecule has 0 unspecified atom stereocenters. The van der Waals surface area contributed by atoms with Gasteiger partial charge in [-0.2, -0.15) is 0 Å². The third-order valence-corrected chi connectivity index (χ3v) is 3.26. The highest BCUT2D eigenvalue weighted by molar-refractivity contribution is 4.70. The summed E-state index contributed by atoms with van der Waals surface area (Å²) < 4.78 is 0. The van der Waals surface area contributed by atoms with Crippen LogP contribution in [0.3, 0.4) is 0 Å². The molecule has 0 aromatic heterocycles. The van der Waals surface area contributed by atoms with Crippen molar-refractivity contribution in [3.8, 4) is 0 Å². The first-order valence-electron chi connectivity index (χ1n) is 7.05. The molecule has 1 N–H and O–H groups in total. The quantitative estimate of drug-likeness (QED) is 0.741. The topological polar surface area (TPSA) is 15.3 Å². The van der Waals surface area contributed by atoms with Crippen LogP contribution in [0.4, 0.5) is 0 Å². The van der Waals surface area contributed by atoms with Gasteiger partial charge in [0, 0.05) is 5.54 Å². The van der Waals surface area contributed by atoms with Gasteiger partial charge in [0.25, 0.3) is 0 Å².